The highest BCUT2D eigenvalue weighted by Crippen LogP contribution is 2.32. The van der Waals surface area contributed by atoms with Gasteiger partial charge in [0.05, 0.1) is 10.6 Å². The molecule has 1 amide bonds. The topological polar surface area (TPSA) is 85.8 Å². The lowest BCUT2D eigenvalue weighted by molar-refractivity contribution is -0.132. The molecule has 38 heavy (non-hydrogen) atoms. The molecule has 0 radical (unpaired) electrons. The fourth-order valence-corrected chi connectivity index (χ4v) is 6.57. The number of carbonyl (C=O) groups is 1. The average Bonchev–Trinajstić information content (AvgIpc) is 2.93. The molecule has 0 aliphatic carbocycles. The number of carbonyl (C=O) groups excluding carboxylic acids is 1. The highest BCUT2D eigenvalue weighted by molar-refractivity contribution is 7.92. The van der Waals surface area contributed by atoms with E-state index in [0.717, 1.165) is 35.8 Å². The number of nitrogens with zero attached hydrogens (tertiary/aromatic N) is 4. The summed E-state index contributed by atoms with van der Waals surface area (Å²) in [6, 6.07) is 15.5. The van der Waals surface area contributed by atoms with Crippen molar-refractivity contribution in [3.05, 3.63) is 76.5 Å². The summed E-state index contributed by atoms with van der Waals surface area (Å²) in [5.41, 5.74) is 3.42. The minimum atomic E-state index is -3.81. The normalized spacial score (nSPS) is 16.7. The van der Waals surface area contributed by atoms with Crippen LogP contribution in [0.3, 0.4) is 0 Å². The molecule has 200 valence electrons. The Hall–Kier alpha value is -3.01. The molecule has 0 bridgehead atoms. The van der Waals surface area contributed by atoms with E-state index < -0.39 is 10.0 Å². The second-order valence-corrected chi connectivity index (χ2v) is 12.0. The minimum absolute atomic E-state index is 0.0864. The second-order valence-electron chi connectivity index (χ2n) is 9.50. The molecule has 1 saturated heterocycles. The van der Waals surface area contributed by atoms with Crippen molar-refractivity contribution in [2.75, 3.05) is 47.2 Å². The number of anilines is 3. The fourth-order valence-electron chi connectivity index (χ4n) is 5.08. The lowest BCUT2D eigenvalue weighted by Crippen LogP contribution is -2.55. The molecule has 5 rings (SSSR count). The zero-order chi connectivity index (χ0) is 26.9. The van der Waals surface area contributed by atoms with E-state index in [4.69, 9.17) is 23.2 Å². The number of halogens is 2. The van der Waals surface area contributed by atoms with Gasteiger partial charge >= 0.3 is 0 Å². The van der Waals surface area contributed by atoms with Crippen molar-refractivity contribution in [2.24, 2.45) is 0 Å². The zero-order valence-corrected chi connectivity index (χ0v) is 23.3. The van der Waals surface area contributed by atoms with Crippen LogP contribution in [0.2, 0.25) is 10.2 Å². The summed E-state index contributed by atoms with van der Waals surface area (Å²) < 4.78 is 28.0. The van der Waals surface area contributed by atoms with Crippen LogP contribution in [0.1, 0.15) is 18.9 Å². The van der Waals surface area contributed by atoms with Gasteiger partial charge in [-0.2, -0.15) is 0 Å². The number of benzene rings is 2. The van der Waals surface area contributed by atoms with Crippen molar-refractivity contribution in [1.29, 1.82) is 0 Å². The van der Waals surface area contributed by atoms with Gasteiger partial charge in [-0.25, -0.2) is 13.4 Å². The van der Waals surface area contributed by atoms with Gasteiger partial charge in [0.25, 0.3) is 10.0 Å². The van der Waals surface area contributed by atoms with E-state index in [1.165, 1.54) is 11.8 Å². The Labute approximate surface area is 233 Å². The highest BCUT2D eigenvalue weighted by atomic mass is 35.5. The molecule has 1 fully saturated rings. The first-order valence-electron chi connectivity index (χ1n) is 12.5. The Bertz CT molecular complexity index is 1430. The van der Waals surface area contributed by atoms with Crippen LogP contribution in [0.25, 0.3) is 0 Å². The Balaban J connectivity index is 1.20. The van der Waals surface area contributed by atoms with Crippen LogP contribution in [-0.2, 0) is 21.2 Å². The summed E-state index contributed by atoms with van der Waals surface area (Å²) in [5, 5.41) is 0.809. The Kier molecular flexibility index (Phi) is 7.70. The molecule has 11 heteroatoms. The number of fused-ring (bicyclic) bond motifs is 1. The Morgan fingerprint density at radius 3 is 2.45 bits per heavy atom. The molecule has 0 unspecified atom stereocenters. The monoisotopic (exact) mass is 573 g/mol. The number of hydrogen-bond donors (Lipinski definition) is 1. The van der Waals surface area contributed by atoms with Crippen LogP contribution in [-0.4, -0.2) is 63.0 Å². The van der Waals surface area contributed by atoms with Crippen molar-refractivity contribution in [2.45, 2.75) is 30.7 Å². The average molecular weight is 575 g/mol. The summed E-state index contributed by atoms with van der Waals surface area (Å²) >= 11 is 12.2. The SMILES string of the molecule is C[C@H](C(=O)N1CCN(c2ccc(S(=O)(=O)Nc3cccnc3Cl)cc2)CC1)N1CCCc2cc(Cl)ccc21. The zero-order valence-electron chi connectivity index (χ0n) is 21.0. The summed E-state index contributed by atoms with van der Waals surface area (Å²) in [6.45, 7) is 5.36. The molecule has 3 aromatic rings. The molecule has 2 aliphatic rings. The number of nitrogens with one attached hydrogen (secondary N) is 1. The quantitative estimate of drug-likeness (QED) is 0.431. The van der Waals surface area contributed by atoms with Gasteiger partial charge in [-0.1, -0.05) is 23.2 Å². The van der Waals surface area contributed by atoms with Crippen LogP contribution < -0.4 is 14.5 Å². The Morgan fingerprint density at radius 2 is 1.74 bits per heavy atom. The van der Waals surface area contributed by atoms with Gasteiger partial charge in [0.15, 0.2) is 5.15 Å². The molecular weight excluding hydrogens is 545 g/mol. The highest BCUT2D eigenvalue weighted by Gasteiger charge is 2.31. The van der Waals surface area contributed by atoms with Crippen LogP contribution in [0.15, 0.2) is 65.7 Å². The number of pyridine rings is 1. The number of sulfonamides is 1. The number of aryl methyl sites for hydroxylation is 1. The molecule has 3 heterocycles. The summed E-state index contributed by atoms with van der Waals surface area (Å²) in [7, 11) is -3.81. The van der Waals surface area contributed by atoms with Crippen molar-refractivity contribution < 1.29 is 13.2 Å². The van der Waals surface area contributed by atoms with Crippen LogP contribution >= 0.6 is 23.2 Å². The first-order chi connectivity index (χ1) is 18.2. The van der Waals surface area contributed by atoms with E-state index >= 15 is 0 Å². The number of hydrogen-bond acceptors (Lipinski definition) is 6. The van der Waals surface area contributed by atoms with E-state index in [2.05, 4.69) is 19.5 Å². The fraction of sp³-hybridized carbons (Fsp3) is 0.333. The summed E-state index contributed by atoms with van der Waals surface area (Å²) in [6.07, 6.45) is 3.46. The molecule has 0 saturated carbocycles. The Morgan fingerprint density at radius 1 is 1.00 bits per heavy atom. The predicted octanol–water partition coefficient (Wildman–Crippen LogP) is 4.68. The summed E-state index contributed by atoms with van der Waals surface area (Å²) in [5.74, 6) is 0.119. The van der Waals surface area contributed by atoms with E-state index in [1.807, 2.05) is 30.0 Å². The molecule has 8 nitrogen and oxygen atoms in total. The summed E-state index contributed by atoms with van der Waals surface area (Å²) in [4.78, 5) is 23.7. The van der Waals surface area contributed by atoms with E-state index in [9.17, 15) is 13.2 Å². The van der Waals surface area contributed by atoms with E-state index in [1.54, 1.807) is 36.4 Å². The number of aromatic nitrogens is 1. The lowest BCUT2D eigenvalue weighted by atomic mass is 10.00. The number of piperazine rings is 1. The third kappa shape index (κ3) is 5.55. The van der Waals surface area contributed by atoms with Gasteiger partial charge in [0.1, 0.15) is 6.04 Å². The minimum Gasteiger partial charge on any atom is -0.368 e. The van der Waals surface area contributed by atoms with Gasteiger partial charge in [0, 0.05) is 55.3 Å². The van der Waals surface area contributed by atoms with E-state index in [-0.39, 0.29) is 27.7 Å². The molecule has 1 atom stereocenters. The van der Waals surface area contributed by atoms with Gasteiger partial charge in [0.2, 0.25) is 5.91 Å². The number of rotatable bonds is 6. The van der Waals surface area contributed by atoms with Crippen LogP contribution in [0.4, 0.5) is 17.1 Å². The first-order valence-corrected chi connectivity index (χ1v) is 14.8. The van der Waals surface area contributed by atoms with Crippen molar-refractivity contribution in [1.82, 2.24) is 9.88 Å². The lowest BCUT2D eigenvalue weighted by Gasteiger charge is -2.41. The third-order valence-corrected chi connectivity index (χ3v) is 9.05. The smallest absolute Gasteiger partial charge is 0.261 e. The molecular formula is C27H29Cl2N5O3S. The largest absolute Gasteiger partial charge is 0.368 e. The first kappa shape index (κ1) is 26.6. The van der Waals surface area contributed by atoms with Crippen LogP contribution in [0.5, 0.6) is 0 Å². The van der Waals surface area contributed by atoms with Gasteiger partial charge in [-0.05, 0) is 79.9 Å². The van der Waals surface area contributed by atoms with Crippen molar-refractivity contribution in [3.8, 4) is 0 Å². The second kappa shape index (κ2) is 11.0. The molecule has 2 aliphatic heterocycles. The molecule has 0 spiro atoms. The van der Waals surface area contributed by atoms with Gasteiger partial charge in [-0.15, -0.1) is 0 Å². The standard InChI is InChI=1S/C27H29Cl2N5O3S/c1-19(34-13-3-4-20-18-21(28)6-11-25(20)34)27(35)33-16-14-32(15-17-33)22-7-9-23(10-8-22)38(36,37)31-24-5-2-12-30-26(24)29/h2,5-12,18-19,31H,3-4,13-17H2,1H3/t19-/m1/s1. The number of amides is 1. The maximum atomic E-state index is 13.4. The maximum absolute atomic E-state index is 13.4. The van der Waals surface area contributed by atoms with Gasteiger partial charge in [-0.3, -0.25) is 9.52 Å². The molecule has 2 aromatic carbocycles. The van der Waals surface area contributed by atoms with Crippen molar-refractivity contribution >= 4 is 56.2 Å². The third-order valence-electron chi connectivity index (χ3n) is 7.13. The maximum Gasteiger partial charge on any atom is 0.261 e. The van der Waals surface area contributed by atoms with E-state index in [0.29, 0.717) is 26.2 Å². The van der Waals surface area contributed by atoms with Crippen LogP contribution in [0, 0.1) is 0 Å². The molecule has 1 aromatic heterocycles. The molecule has 1 N–H and O–H groups in total. The van der Waals surface area contributed by atoms with Gasteiger partial charge < -0.3 is 14.7 Å². The predicted molar refractivity (Wildman–Crippen MR) is 152 cm³/mol. The van der Waals surface area contributed by atoms with Crippen molar-refractivity contribution in [3.63, 3.8) is 0 Å².